The van der Waals surface area contributed by atoms with E-state index >= 15 is 0 Å². The average molecular weight is 369 g/mol. The van der Waals surface area contributed by atoms with Gasteiger partial charge >= 0.3 is 0 Å². The second-order valence-corrected chi connectivity index (χ2v) is 6.72. The molecule has 2 aromatic carbocycles. The monoisotopic (exact) mass is 369 g/mol. The molecule has 0 aliphatic carbocycles. The molecule has 4 N–H and O–H groups in total. The molecule has 0 radical (unpaired) electrons. The van der Waals surface area contributed by atoms with Crippen molar-refractivity contribution >= 4 is 17.5 Å². The Morgan fingerprint density at radius 3 is 2.41 bits per heavy atom. The second kappa shape index (κ2) is 9.73. The van der Waals surface area contributed by atoms with E-state index in [-0.39, 0.29) is 17.7 Å². The Morgan fingerprint density at radius 2 is 1.81 bits per heavy atom. The predicted octanol–water partition coefficient (Wildman–Crippen LogP) is 2.73. The van der Waals surface area contributed by atoms with Crippen molar-refractivity contribution in [1.29, 1.82) is 0 Å². The Labute approximate surface area is 160 Å². The van der Waals surface area contributed by atoms with Crippen molar-refractivity contribution in [2.45, 2.75) is 26.8 Å². The lowest BCUT2D eigenvalue weighted by Gasteiger charge is -2.22. The first-order valence-corrected chi connectivity index (χ1v) is 9.02. The molecule has 2 rings (SSSR count). The van der Waals surface area contributed by atoms with Crippen molar-refractivity contribution in [3.63, 3.8) is 0 Å². The third kappa shape index (κ3) is 6.11. The Bertz CT molecular complexity index is 772. The zero-order chi connectivity index (χ0) is 19.8. The van der Waals surface area contributed by atoms with E-state index in [0.29, 0.717) is 30.2 Å². The van der Waals surface area contributed by atoms with Crippen LogP contribution in [0.5, 0.6) is 5.75 Å². The van der Waals surface area contributed by atoms with E-state index < -0.39 is 6.04 Å². The Hall–Kier alpha value is -2.86. The summed E-state index contributed by atoms with van der Waals surface area (Å²) in [5.41, 5.74) is 7.57. The molecule has 0 heterocycles. The largest absolute Gasteiger partial charge is 0.492 e. The fraction of sp³-hybridized carbons (Fsp3) is 0.333. The minimum absolute atomic E-state index is 0.0640. The van der Waals surface area contributed by atoms with Gasteiger partial charge in [-0.25, -0.2) is 0 Å². The van der Waals surface area contributed by atoms with Crippen LogP contribution < -0.4 is 21.1 Å². The number of rotatable bonds is 8. The highest BCUT2D eigenvalue weighted by Crippen LogP contribution is 2.17. The summed E-state index contributed by atoms with van der Waals surface area (Å²) >= 11 is 0. The van der Waals surface area contributed by atoms with Crippen molar-refractivity contribution in [2.75, 3.05) is 18.5 Å². The van der Waals surface area contributed by atoms with Crippen LogP contribution in [0.25, 0.3) is 0 Å². The van der Waals surface area contributed by atoms with Crippen LogP contribution >= 0.6 is 0 Å². The van der Waals surface area contributed by atoms with Crippen LogP contribution in [0.15, 0.2) is 48.5 Å². The van der Waals surface area contributed by atoms with Gasteiger partial charge in [0.15, 0.2) is 0 Å². The molecule has 0 aromatic heterocycles. The van der Waals surface area contributed by atoms with Gasteiger partial charge in [0, 0.05) is 17.8 Å². The fourth-order valence-electron chi connectivity index (χ4n) is 2.58. The number of ether oxygens (including phenoxy) is 1. The Balaban J connectivity index is 2.03. The Kier molecular flexibility index (Phi) is 7.37. The number of carbonyl (C=O) groups is 2. The van der Waals surface area contributed by atoms with Gasteiger partial charge in [-0.3, -0.25) is 9.59 Å². The molecular weight excluding hydrogens is 342 g/mol. The lowest BCUT2D eigenvalue weighted by Crippen LogP contribution is -2.47. The maximum absolute atomic E-state index is 12.7. The molecule has 0 fully saturated rings. The van der Waals surface area contributed by atoms with Gasteiger partial charge < -0.3 is 21.1 Å². The molecule has 2 aromatic rings. The maximum Gasteiger partial charge on any atom is 0.251 e. The average Bonchev–Trinajstić information content (AvgIpc) is 2.65. The number of benzene rings is 2. The van der Waals surface area contributed by atoms with Crippen molar-refractivity contribution in [2.24, 2.45) is 11.7 Å². The van der Waals surface area contributed by atoms with Gasteiger partial charge in [-0.2, -0.15) is 0 Å². The number of aryl methyl sites for hydroxylation is 1. The van der Waals surface area contributed by atoms with E-state index in [2.05, 4.69) is 10.6 Å². The minimum atomic E-state index is -0.647. The van der Waals surface area contributed by atoms with E-state index in [9.17, 15) is 9.59 Å². The van der Waals surface area contributed by atoms with E-state index in [0.717, 1.165) is 5.56 Å². The van der Waals surface area contributed by atoms with Crippen LogP contribution in [0.4, 0.5) is 5.69 Å². The van der Waals surface area contributed by atoms with Crippen molar-refractivity contribution in [3.8, 4) is 5.75 Å². The first-order chi connectivity index (χ1) is 12.9. The van der Waals surface area contributed by atoms with Gasteiger partial charge in [0.25, 0.3) is 5.91 Å². The normalized spacial score (nSPS) is 11.7. The molecule has 2 amide bonds. The van der Waals surface area contributed by atoms with Gasteiger partial charge in [0.1, 0.15) is 18.4 Å². The summed E-state index contributed by atoms with van der Waals surface area (Å²) in [4.78, 5) is 25.2. The van der Waals surface area contributed by atoms with Crippen LogP contribution in [-0.2, 0) is 4.79 Å². The fourth-order valence-corrected chi connectivity index (χ4v) is 2.58. The molecule has 0 spiro atoms. The smallest absolute Gasteiger partial charge is 0.251 e. The summed E-state index contributed by atoms with van der Waals surface area (Å²) in [6.45, 7) is 6.58. The number of anilines is 1. The highest BCUT2D eigenvalue weighted by atomic mass is 16.5. The SMILES string of the molecule is Cc1cccc(C(=O)NC(C(=O)Nc2ccc(OCCN)cc2)C(C)C)c1. The molecule has 6 heteroatoms. The van der Waals surface area contributed by atoms with Crippen LogP contribution in [0.2, 0.25) is 0 Å². The summed E-state index contributed by atoms with van der Waals surface area (Å²) in [5.74, 6) is 0.0947. The van der Waals surface area contributed by atoms with Gasteiger partial charge in [-0.15, -0.1) is 0 Å². The number of amides is 2. The maximum atomic E-state index is 12.7. The zero-order valence-electron chi connectivity index (χ0n) is 16.0. The third-order valence-electron chi connectivity index (χ3n) is 4.02. The molecule has 6 nitrogen and oxygen atoms in total. The first kappa shape index (κ1) is 20.5. The van der Waals surface area contributed by atoms with Gasteiger partial charge in [0.2, 0.25) is 5.91 Å². The van der Waals surface area contributed by atoms with E-state index in [1.807, 2.05) is 32.9 Å². The van der Waals surface area contributed by atoms with E-state index in [4.69, 9.17) is 10.5 Å². The number of nitrogens with one attached hydrogen (secondary N) is 2. The van der Waals surface area contributed by atoms with Crippen LogP contribution in [0.1, 0.15) is 29.8 Å². The van der Waals surface area contributed by atoms with E-state index in [1.165, 1.54) is 0 Å². The molecule has 1 atom stereocenters. The van der Waals surface area contributed by atoms with Crippen LogP contribution in [0, 0.1) is 12.8 Å². The predicted molar refractivity (Wildman–Crippen MR) is 107 cm³/mol. The molecule has 144 valence electrons. The molecule has 1 unspecified atom stereocenters. The molecule has 0 aliphatic heterocycles. The molecule has 0 bridgehead atoms. The molecule has 27 heavy (non-hydrogen) atoms. The van der Waals surface area contributed by atoms with Gasteiger partial charge in [0.05, 0.1) is 0 Å². The summed E-state index contributed by atoms with van der Waals surface area (Å²) < 4.78 is 5.42. The topological polar surface area (TPSA) is 93.5 Å². The standard InChI is InChI=1S/C21H27N3O3/c1-14(2)19(24-20(25)16-6-4-5-15(3)13-16)21(26)23-17-7-9-18(10-8-17)27-12-11-22/h4-10,13-14,19H,11-12,22H2,1-3H3,(H,23,26)(H,24,25). The summed E-state index contributed by atoms with van der Waals surface area (Å²) in [5, 5.41) is 5.67. The number of nitrogens with two attached hydrogens (primary N) is 1. The van der Waals surface area contributed by atoms with Crippen molar-refractivity contribution < 1.29 is 14.3 Å². The third-order valence-corrected chi connectivity index (χ3v) is 4.02. The lowest BCUT2D eigenvalue weighted by molar-refractivity contribution is -0.118. The molecule has 0 saturated carbocycles. The highest BCUT2D eigenvalue weighted by Gasteiger charge is 2.24. The van der Waals surface area contributed by atoms with Crippen LogP contribution in [0.3, 0.4) is 0 Å². The summed E-state index contributed by atoms with van der Waals surface area (Å²) in [6, 6.07) is 13.7. The number of carbonyl (C=O) groups excluding carboxylic acids is 2. The first-order valence-electron chi connectivity index (χ1n) is 9.02. The molecule has 0 saturated heterocycles. The molecular formula is C21H27N3O3. The lowest BCUT2D eigenvalue weighted by atomic mass is 10.0. The summed E-state index contributed by atoms with van der Waals surface area (Å²) in [6.07, 6.45) is 0. The van der Waals surface area contributed by atoms with Crippen molar-refractivity contribution in [3.05, 3.63) is 59.7 Å². The Morgan fingerprint density at radius 1 is 1.11 bits per heavy atom. The second-order valence-electron chi connectivity index (χ2n) is 6.72. The summed E-state index contributed by atoms with van der Waals surface area (Å²) in [7, 11) is 0. The van der Waals surface area contributed by atoms with Crippen molar-refractivity contribution in [1.82, 2.24) is 5.32 Å². The highest BCUT2D eigenvalue weighted by molar-refractivity contribution is 6.01. The number of hydrogen-bond acceptors (Lipinski definition) is 4. The van der Waals surface area contributed by atoms with E-state index in [1.54, 1.807) is 36.4 Å². The zero-order valence-corrected chi connectivity index (χ0v) is 16.0. The van der Waals surface area contributed by atoms with Gasteiger partial charge in [-0.05, 0) is 49.2 Å². The number of hydrogen-bond donors (Lipinski definition) is 3. The minimum Gasteiger partial charge on any atom is -0.492 e. The van der Waals surface area contributed by atoms with Crippen LogP contribution in [-0.4, -0.2) is 31.0 Å². The molecule has 0 aliphatic rings. The van der Waals surface area contributed by atoms with Gasteiger partial charge in [-0.1, -0.05) is 31.5 Å². The quantitative estimate of drug-likeness (QED) is 0.667.